The van der Waals surface area contributed by atoms with Crippen molar-refractivity contribution in [3.05, 3.63) is 59.4 Å². The first-order valence-corrected chi connectivity index (χ1v) is 6.54. The van der Waals surface area contributed by atoms with Crippen molar-refractivity contribution in [1.82, 2.24) is 0 Å². The lowest BCUT2D eigenvalue weighted by Crippen LogP contribution is -2.20. The van der Waals surface area contributed by atoms with Crippen molar-refractivity contribution in [3.8, 4) is 5.75 Å². The second kappa shape index (κ2) is 6.71. The van der Waals surface area contributed by atoms with Gasteiger partial charge in [0.1, 0.15) is 11.6 Å². The van der Waals surface area contributed by atoms with Gasteiger partial charge in [0.15, 0.2) is 6.61 Å². The number of ether oxygens (including phenoxy) is 1. The molecule has 2 amide bonds. The van der Waals surface area contributed by atoms with Gasteiger partial charge in [0.05, 0.1) is 0 Å². The summed E-state index contributed by atoms with van der Waals surface area (Å²) < 4.78 is 18.2. The average molecular weight is 302 g/mol. The summed E-state index contributed by atoms with van der Waals surface area (Å²) in [5, 5.41) is 2.69. The lowest BCUT2D eigenvalue weighted by Gasteiger charge is -2.09. The van der Waals surface area contributed by atoms with Gasteiger partial charge < -0.3 is 15.8 Å². The molecule has 0 aromatic heterocycles. The van der Waals surface area contributed by atoms with Crippen molar-refractivity contribution in [1.29, 1.82) is 0 Å². The number of hydrogen-bond donors (Lipinski definition) is 2. The Morgan fingerprint density at radius 1 is 1.23 bits per heavy atom. The van der Waals surface area contributed by atoms with E-state index in [9.17, 15) is 14.0 Å². The molecule has 0 atom stereocenters. The van der Waals surface area contributed by atoms with Gasteiger partial charge in [-0.15, -0.1) is 0 Å². The summed E-state index contributed by atoms with van der Waals surface area (Å²) >= 11 is 0. The Labute approximate surface area is 126 Å². The lowest BCUT2D eigenvalue weighted by molar-refractivity contribution is -0.119. The minimum atomic E-state index is -0.600. The van der Waals surface area contributed by atoms with Crippen molar-refractivity contribution < 1.29 is 18.7 Å². The molecule has 5 nitrogen and oxygen atoms in total. The summed E-state index contributed by atoms with van der Waals surface area (Å²) in [5.74, 6) is -0.962. The van der Waals surface area contributed by atoms with Crippen LogP contribution < -0.4 is 15.8 Å². The highest BCUT2D eigenvalue weighted by Crippen LogP contribution is 2.18. The highest BCUT2D eigenvalue weighted by atomic mass is 19.1. The number of aryl methyl sites for hydroxylation is 1. The Balaban J connectivity index is 2.12. The number of nitrogens with one attached hydrogen (secondary N) is 1. The highest BCUT2D eigenvalue weighted by Gasteiger charge is 2.09. The number of rotatable bonds is 5. The fourth-order valence-corrected chi connectivity index (χ4v) is 1.84. The summed E-state index contributed by atoms with van der Waals surface area (Å²) in [6.45, 7) is 1.44. The molecule has 22 heavy (non-hydrogen) atoms. The second-order valence-electron chi connectivity index (χ2n) is 4.70. The van der Waals surface area contributed by atoms with E-state index in [4.69, 9.17) is 10.5 Å². The summed E-state index contributed by atoms with van der Waals surface area (Å²) in [4.78, 5) is 22.9. The van der Waals surface area contributed by atoms with Crippen LogP contribution in [0.2, 0.25) is 0 Å². The molecule has 114 valence electrons. The van der Waals surface area contributed by atoms with E-state index >= 15 is 0 Å². The molecule has 0 heterocycles. The van der Waals surface area contributed by atoms with Crippen molar-refractivity contribution >= 4 is 17.5 Å². The van der Waals surface area contributed by atoms with E-state index in [-0.39, 0.29) is 18.3 Å². The number of carbonyl (C=O) groups excluding carboxylic acids is 2. The van der Waals surface area contributed by atoms with Gasteiger partial charge in [-0.25, -0.2) is 4.39 Å². The van der Waals surface area contributed by atoms with Crippen LogP contribution in [-0.4, -0.2) is 18.4 Å². The molecule has 2 aromatic rings. The first kappa shape index (κ1) is 15.5. The molecule has 0 bridgehead atoms. The smallest absolute Gasteiger partial charge is 0.255 e. The van der Waals surface area contributed by atoms with Gasteiger partial charge in [0.25, 0.3) is 11.8 Å². The number of benzene rings is 2. The number of amides is 2. The van der Waals surface area contributed by atoms with Crippen LogP contribution in [0.4, 0.5) is 10.1 Å². The zero-order valence-electron chi connectivity index (χ0n) is 11.9. The van der Waals surface area contributed by atoms with Gasteiger partial charge in [0, 0.05) is 11.3 Å². The van der Waals surface area contributed by atoms with Gasteiger partial charge >= 0.3 is 0 Å². The van der Waals surface area contributed by atoms with Gasteiger partial charge in [-0.05, 0) is 48.9 Å². The maximum absolute atomic E-state index is 13.0. The molecule has 0 saturated heterocycles. The van der Waals surface area contributed by atoms with Crippen LogP contribution in [0.25, 0.3) is 0 Å². The lowest BCUT2D eigenvalue weighted by atomic mass is 10.1. The Hall–Kier alpha value is -2.89. The normalized spacial score (nSPS) is 10.1. The molecule has 6 heteroatoms. The van der Waals surface area contributed by atoms with Crippen molar-refractivity contribution in [3.63, 3.8) is 0 Å². The molecule has 0 spiro atoms. The molecule has 2 rings (SSSR count). The van der Waals surface area contributed by atoms with Crippen LogP contribution in [0, 0.1) is 12.7 Å². The SMILES string of the molecule is Cc1cc(F)ccc1NC(=O)c1cccc(OCC(N)=O)c1. The van der Waals surface area contributed by atoms with Gasteiger partial charge in [0.2, 0.25) is 0 Å². The summed E-state index contributed by atoms with van der Waals surface area (Å²) in [7, 11) is 0. The van der Waals surface area contributed by atoms with Crippen LogP contribution >= 0.6 is 0 Å². The third-order valence-corrected chi connectivity index (χ3v) is 2.91. The summed E-state index contributed by atoms with van der Waals surface area (Å²) in [5.41, 5.74) is 6.49. The van der Waals surface area contributed by atoms with E-state index in [1.165, 1.54) is 24.3 Å². The zero-order valence-corrected chi connectivity index (χ0v) is 11.9. The number of nitrogens with two attached hydrogens (primary N) is 1. The third kappa shape index (κ3) is 4.05. The number of hydrogen-bond acceptors (Lipinski definition) is 3. The second-order valence-corrected chi connectivity index (χ2v) is 4.70. The molecule has 0 fully saturated rings. The van der Waals surface area contributed by atoms with Crippen LogP contribution in [-0.2, 0) is 4.79 Å². The molecule has 0 unspecified atom stereocenters. The average Bonchev–Trinajstić information content (AvgIpc) is 2.48. The standard InChI is InChI=1S/C16H15FN2O3/c1-10-7-12(17)5-6-14(10)19-16(21)11-3-2-4-13(8-11)22-9-15(18)20/h2-8H,9H2,1H3,(H2,18,20)(H,19,21). The highest BCUT2D eigenvalue weighted by molar-refractivity contribution is 6.04. The quantitative estimate of drug-likeness (QED) is 0.888. The summed E-state index contributed by atoms with van der Waals surface area (Å²) in [6, 6.07) is 10.4. The topological polar surface area (TPSA) is 81.4 Å². The molecule has 0 radical (unpaired) electrons. The van der Waals surface area contributed by atoms with Crippen LogP contribution in [0.15, 0.2) is 42.5 Å². The zero-order chi connectivity index (χ0) is 16.1. The van der Waals surface area contributed by atoms with Gasteiger partial charge in [-0.2, -0.15) is 0 Å². The first-order chi connectivity index (χ1) is 10.5. The van der Waals surface area contributed by atoms with Crippen LogP contribution in [0.3, 0.4) is 0 Å². The molecule has 3 N–H and O–H groups in total. The number of halogens is 1. The first-order valence-electron chi connectivity index (χ1n) is 6.54. The predicted octanol–water partition coefficient (Wildman–Crippen LogP) is 2.25. The molecular formula is C16H15FN2O3. The van der Waals surface area contributed by atoms with E-state index in [0.717, 1.165) is 0 Å². The van der Waals surface area contributed by atoms with Gasteiger partial charge in [-0.1, -0.05) is 6.07 Å². The minimum Gasteiger partial charge on any atom is -0.484 e. The van der Waals surface area contributed by atoms with E-state index in [2.05, 4.69) is 5.32 Å². The van der Waals surface area contributed by atoms with Gasteiger partial charge in [-0.3, -0.25) is 9.59 Å². The number of primary amides is 1. The van der Waals surface area contributed by atoms with E-state index in [1.807, 2.05) is 0 Å². The Morgan fingerprint density at radius 3 is 2.68 bits per heavy atom. The Morgan fingerprint density at radius 2 is 2.00 bits per heavy atom. The van der Waals surface area contributed by atoms with Crippen molar-refractivity contribution in [2.24, 2.45) is 5.73 Å². The van der Waals surface area contributed by atoms with Crippen molar-refractivity contribution in [2.45, 2.75) is 6.92 Å². The van der Waals surface area contributed by atoms with E-state index < -0.39 is 5.91 Å². The molecule has 0 aliphatic carbocycles. The largest absolute Gasteiger partial charge is 0.484 e. The van der Waals surface area contributed by atoms with Crippen LogP contribution in [0.1, 0.15) is 15.9 Å². The number of anilines is 1. The Kier molecular flexibility index (Phi) is 4.73. The molecule has 0 aliphatic rings. The third-order valence-electron chi connectivity index (χ3n) is 2.91. The predicted molar refractivity (Wildman–Crippen MR) is 80.2 cm³/mol. The Bertz CT molecular complexity index is 716. The molecule has 0 saturated carbocycles. The minimum absolute atomic E-state index is 0.262. The van der Waals surface area contributed by atoms with Crippen LogP contribution in [0.5, 0.6) is 5.75 Å². The maximum atomic E-state index is 13.0. The summed E-state index contributed by atoms with van der Waals surface area (Å²) in [6.07, 6.45) is 0. The maximum Gasteiger partial charge on any atom is 0.255 e. The van der Waals surface area contributed by atoms with Crippen molar-refractivity contribution in [2.75, 3.05) is 11.9 Å². The number of carbonyl (C=O) groups is 2. The monoisotopic (exact) mass is 302 g/mol. The molecule has 0 aliphatic heterocycles. The molecule has 2 aromatic carbocycles. The van der Waals surface area contributed by atoms with E-state index in [1.54, 1.807) is 25.1 Å². The molecular weight excluding hydrogens is 287 g/mol. The fraction of sp³-hybridized carbons (Fsp3) is 0.125. The van der Waals surface area contributed by atoms with E-state index in [0.29, 0.717) is 22.6 Å². The fourth-order valence-electron chi connectivity index (χ4n) is 1.84.